The molecular formula is C12H26ClN3O2S. The van der Waals surface area contributed by atoms with Gasteiger partial charge in [0.25, 0.3) is 10.2 Å². The quantitative estimate of drug-likeness (QED) is 0.736. The van der Waals surface area contributed by atoms with E-state index in [-0.39, 0.29) is 12.4 Å². The fourth-order valence-electron chi connectivity index (χ4n) is 2.43. The number of hydrogen-bond acceptors (Lipinski definition) is 3. The largest absolute Gasteiger partial charge is 0.316 e. The van der Waals surface area contributed by atoms with E-state index in [9.17, 15) is 8.42 Å². The van der Waals surface area contributed by atoms with E-state index < -0.39 is 10.2 Å². The van der Waals surface area contributed by atoms with Crippen LogP contribution in [0, 0.1) is 11.8 Å². The Morgan fingerprint density at radius 3 is 2.58 bits per heavy atom. The summed E-state index contributed by atoms with van der Waals surface area (Å²) in [5, 5.41) is 3.35. The predicted octanol–water partition coefficient (Wildman–Crippen LogP) is 0.974. The molecule has 1 atom stereocenters. The molecule has 7 heteroatoms. The minimum Gasteiger partial charge on any atom is -0.316 e. The third-order valence-electron chi connectivity index (χ3n) is 3.86. The topological polar surface area (TPSA) is 61.4 Å². The van der Waals surface area contributed by atoms with Crippen LogP contribution in [-0.2, 0) is 10.2 Å². The van der Waals surface area contributed by atoms with E-state index in [4.69, 9.17) is 0 Å². The number of rotatable bonds is 7. The minimum absolute atomic E-state index is 0. The molecule has 0 bridgehead atoms. The second-order valence-electron chi connectivity index (χ2n) is 5.62. The average Bonchev–Trinajstić information content (AvgIpc) is 3.14. The summed E-state index contributed by atoms with van der Waals surface area (Å²) in [6, 6.07) is 0. The van der Waals surface area contributed by atoms with Crippen molar-refractivity contribution in [2.24, 2.45) is 11.8 Å². The predicted molar refractivity (Wildman–Crippen MR) is 79.7 cm³/mol. The van der Waals surface area contributed by atoms with Gasteiger partial charge in [0.15, 0.2) is 0 Å². The van der Waals surface area contributed by atoms with Gasteiger partial charge in [0.1, 0.15) is 0 Å². The summed E-state index contributed by atoms with van der Waals surface area (Å²) in [5.74, 6) is 1.21. The Bertz CT molecular complexity index is 354. The first-order valence-electron chi connectivity index (χ1n) is 6.99. The highest BCUT2D eigenvalue weighted by molar-refractivity contribution is 7.87. The summed E-state index contributed by atoms with van der Waals surface area (Å²) in [4.78, 5) is 0. The lowest BCUT2D eigenvalue weighted by molar-refractivity contribution is 0.356. The van der Waals surface area contributed by atoms with Crippen molar-refractivity contribution >= 4 is 22.6 Å². The lowest BCUT2D eigenvalue weighted by atomic mass is 9.96. The molecule has 1 saturated carbocycles. The van der Waals surface area contributed by atoms with Gasteiger partial charge in [-0.25, -0.2) is 4.72 Å². The molecule has 2 fully saturated rings. The highest BCUT2D eigenvalue weighted by Gasteiger charge is 2.27. The van der Waals surface area contributed by atoms with Gasteiger partial charge in [-0.2, -0.15) is 12.7 Å². The number of halogens is 1. The van der Waals surface area contributed by atoms with E-state index in [2.05, 4.69) is 10.0 Å². The number of piperidine rings is 1. The zero-order valence-corrected chi connectivity index (χ0v) is 13.2. The maximum Gasteiger partial charge on any atom is 0.279 e. The summed E-state index contributed by atoms with van der Waals surface area (Å²) < 4.78 is 28.0. The van der Waals surface area contributed by atoms with Crippen molar-refractivity contribution in [2.45, 2.75) is 32.1 Å². The average molecular weight is 312 g/mol. The van der Waals surface area contributed by atoms with Crippen molar-refractivity contribution in [3.63, 3.8) is 0 Å². The van der Waals surface area contributed by atoms with Gasteiger partial charge >= 0.3 is 0 Å². The summed E-state index contributed by atoms with van der Waals surface area (Å²) in [7, 11) is -1.58. The van der Waals surface area contributed by atoms with Gasteiger partial charge in [-0.15, -0.1) is 12.4 Å². The molecule has 1 saturated heterocycles. The van der Waals surface area contributed by atoms with Crippen molar-refractivity contribution in [1.82, 2.24) is 14.3 Å². The summed E-state index contributed by atoms with van der Waals surface area (Å²) in [6.07, 6.45) is 5.70. The van der Waals surface area contributed by atoms with Gasteiger partial charge in [-0.05, 0) is 57.0 Å². The second kappa shape index (κ2) is 7.78. The van der Waals surface area contributed by atoms with Gasteiger partial charge in [0.05, 0.1) is 0 Å². The molecule has 2 rings (SSSR count). The van der Waals surface area contributed by atoms with Crippen molar-refractivity contribution < 1.29 is 8.42 Å². The van der Waals surface area contributed by atoms with Crippen molar-refractivity contribution in [3.8, 4) is 0 Å². The summed E-state index contributed by atoms with van der Waals surface area (Å²) in [6.45, 7) is 3.36. The Morgan fingerprint density at radius 1 is 1.26 bits per heavy atom. The molecule has 1 unspecified atom stereocenters. The zero-order chi connectivity index (χ0) is 13.0. The van der Waals surface area contributed by atoms with Gasteiger partial charge in [-0.3, -0.25) is 0 Å². The normalized spacial score (nSPS) is 24.2. The van der Waals surface area contributed by atoms with E-state index in [1.165, 1.54) is 30.0 Å². The maximum absolute atomic E-state index is 11.9. The monoisotopic (exact) mass is 311 g/mol. The van der Waals surface area contributed by atoms with Gasteiger partial charge in [0.2, 0.25) is 0 Å². The number of nitrogens with one attached hydrogen (secondary N) is 2. The van der Waals surface area contributed by atoms with Crippen LogP contribution in [0.3, 0.4) is 0 Å². The van der Waals surface area contributed by atoms with Crippen molar-refractivity contribution in [3.05, 3.63) is 0 Å². The van der Waals surface area contributed by atoms with Crippen molar-refractivity contribution in [1.29, 1.82) is 0 Å². The van der Waals surface area contributed by atoms with Crippen LogP contribution < -0.4 is 10.0 Å². The minimum atomic E-state index is -3.25. The SMILES string of the molecule is CN(CC1CC1)S(=O)(=O)NCCC1CCCNC1.Cl. The lowest BCUT2D eigenvalue weighted by Gasteiger charge is -2.23. The molecule has 2 aliphatic rings. The zero-order valence-electron chi connectivity index (χ0n) is 11.6. The number of nitrogens with zero attached hydrogens (tertiary/aromatic N) is 1. The molecule has 114 valence electrons. The van der Waals surface area contributed by atoms with Crippen molar-refractivity contribution in [2.75, 3.05) is 33.2 Å². The van der Waals surface area contributed by atoms with Crippen LogP contribution in [0.15, 0.2) is 0 Å². The first-order chi connectivity index (χ1) is 8.58. The Hall–Kier alpha value is 0.120. The summed E-state index contributed by atoms with van der Waals surface area (Å²) in [5.41, 5.74) is 0. The van der Waals surface area contributed by atoms with Crippen LogP contribution in [0.1, 0.15) is 32.1 Å². The highest BCUT2D eigenvalue weighted by atomic mass is 35.5. The van der Waals surface area contributed by atoms with E-state index in [1.807, 2.05) is 0 Å². The van der Waals surface area contributed by atoms with E-state index >= 15 is 0 Å². The van der Waals surface area contributed by atoms with Crippen LogP contribution in [0.5, 0.6) is 0 Å². The summed E-state index contributed by atoms with van der Waals surface area (Å²) >= 11 is 0. The fraction of sp³-hybridized carbons (Fsp3) is 1.00. The van der Waals surface area contributed by atoms with E-state index in [0.717, 1.165) is 19.5 Å². The molecule has 0 amide bonds. The Balaban J connectivity index is 0.00000180. The molecule has 0 aromatic carbocycles. The van der Waals surface area contributed by atoms with Crippen LogP contribution in [0.4, 0.5) is 0 Å². The van der Waals surface area contributed by atoms with Crippen LogP contribution in [-0.4, -0.2) is 45.9 Å². The molecule has 1 aliphatic heterocycles. The number of hydrogen-bond donors (Lipinski definition) is 2. The van der Waals surface area contributed by atoms with E-state index in [0.29, 0.717) is 24.9 Å². The molecule has 0 radical (unpaired) electrons. The molecule has 0 aromatic rings. The van der Waals surface area contributed by atoms with Gasteiger partial charge in [-0.1, -0.05) is 0 Å². The standard InChI is InChI=1S/C12H25N3O2S.ClH/c1-15(10-12-4-5-12)18(16,17)14-8-6-11-3-2-7-13-9-11;/h11-14H,2-10H2,1H3;1H. The Morgan fingerprint density at radius 2 is 2.00 bits per heavy atom. The molecular weight excluding hydrogens is 286 g/mol. The third kappa shape index (κ3) is 5.95. The van der Waals surface area contributed by atoms with E-state index in [1.54, 1.807) is 7.05 Å². The molecule has 19 heavy (non-hydrogen) atoms. The smallest absolute Gasteiger partial charge is 0.279 e. The Kier molecular flexibility index (Phi) is 7.04. The fourth-order valence-corrected chi connectivity index (χ4v) is 3.44. The first-order valence-corrected chi connectivity index (χ1v) is 8.43. The van der Waals surface area contributed by atoms with Gasteiger partial charge < -0.3 is 5.32 Å². The Labute approximate surface area is 123 Å². The third-order valence-corrected chi connectivity index (χ3v) is 5.40. The molecule has 0 spiro atoms. The molecule has 1 heterocycles. The van der Waals surface area contributed by atoms with Crippen LogP contribution in [0.2, 0.25) is 0 Å². The highest BCUT2D eigenvalue weighted by Crippen LogP contribution is 2.29. The maximum atomic E-state index is 11.9. The molecule has 1 aliphatic carbocycles. The molecule has 5 nitrogen and oxygen atoms in total. The van der Waals surface area contributed by atoms with Gasteiger partial charge in [0, 0.05) is 20.1 Å². The molecule has 2 N–H and O–H groups in total. The second-order valence-corrected chi connectivity index (χ2v) is 7.49. The van der Waals surface area contributed by atoms with Crippen LogP contribution in [0.25, 0.3) is 0 Å². The molecule has 0 aromatic heterocycles. The first kappa shape index (κ1) is 17.2. The lowest BCUT2D eigenvalue weighted by Crippen LogP contribution is -2.40. The van der Waals surface area contributed by atoms with Crippen LogP contribution >= 0.6 is 12.4 Å².